The van der Waals surface area contributed by atoms with Crippen LogP contribution in [-0.4, -0.2) is 8.80 Å². The first-order valence-corrected chi connectivity index (χ1v) is 18.5. The summed E-state index contributed by atoms with van der Waals surface area (Å²) in [5, 5.41) is 1.58. The molecule has 8 rings (SSSR count). The largest absolute Gasteiger partial charge is 2.00 e. The molecule has 2 atom stereocenters. The second kappa shape index (κ2) is 13.9. The number of allylic oxidation sites excluding steroid dienone is 2. The van der Waals surface area contributed by atoms with Gasteiger partial charge in [0.05, 0.1) is 8.80 Å². The van der Waals surface area contributed by atoms with Crippen LogP contribution >= 0.6 is 0 Å². The minimum atomic E-state index is -0.449. The van der Waals surface area contributed by atoms with E-state index in [4.69, 9.17) is 0 Å². The molecule has 0 nitrogen and oxygen atoms in total. The van der Waals surface area contributed by atoms with Crippen LogP contribution in [0.5, 0.6) is 0 Å². The van der Waals surface area contributed by atoms with Crippen molar-refractivity contribution in [1.29, 1.82) is 0 Å². The van der Waals surface area contributed by atoms with E-state index < -0.39 is 8.80 Å². The van der Waals surface area contributed by atoms with Crippen LogP contribution in [0.3, 0.4) is 0 Å². The molecule has 0 amide bonds. The minimum Gasteiger partial charge on any atom is -0.213 e. The zero-order valence-corrected chi connectivity index (χ0v) is 30.5. The molecule has 46 heavy (non-hydrogen) atoms. The first-order valence-electron chi connectivity index (χ1n) is 16.0. The predicted molar refractivity (Wildman–Crippen MR) is 196 cm³/mol. The fourth-order valence-corrected chi connectivity index (χ4v) is 8.66. The molecule has 0 fully saturated rings. The van der Waals surface area contributed by atoms with Crippen LogP contribution in [0.4, 0.5) is 0 Å². The van der Waals surface area contributed by atoms with Crippen molar-refractivity contribution in [2.45, 2.75) is 38.8 Å². The smallest absolute Gasteiger partial charge is 0.213 e. The van der Waals surface area contributed by atoms with Crippen molar-refractivity contribution in [3.05, 3.63) is 184 Å². The van der Waals surface area contributed by atoms with Gasteiger partial charge in [-0.2, -0.15) is 40.6 Å². The second-order valence-electron chi connectivity index (χ2n) is 12.6. The van der Waals surface area contributed by atoms with Gasteiger partial charge in [0.2, 0.25) is 0 Å². The van der Waals surface area contributed by atoms with Gasteiger partial charge in [-0.05, 0) is 64.3 Å². The van der Waals surface area contributed by atoms with Gasteiger partial charge in [-0.25, -0.2) is 18.2 Å². The maximum atomic E-state index is 2.40. The first-order chi connectivity index (χ1) is 22.0. The van der Waals surface area contributed by atoms with Gasteiger partial charge in [0, 0.05) is 5.92 Å². The van der Waals surface area contributed by atoms with Crippen molar-refractivity contribution < 1.29 is 26.2 Å². The summed E-state index contributed by atoms with van der Waals surface area (Å²) in [5.41, 5.74) is 16.8. The zero-order valence-electron chi connectivity index (χ0n) is 27.1. The van der Waals surface area contributed by atoms with Crippen LogP contribution < -0.4 is 5.19 Å². The van der Waals surface area contributed by atoms with Crippen molar-refractivity contribution in [1.82, 2.24) is 0 Å². The van der Waals surface area contributed by atoms with E-state index in [1.807, 2.05) is 0 Å². The Labute approximate surface area is 295 Å². The Hall–Kier alpha value is -3.84. The molecule has 2 unspecified atom stereocenters. The van der Waals surface area contributed by atoms with Crippen molar-refractivity contribution in [3.8, 4) is 22.3 Å². The Morgan fingerprint density at radius 1 is 0.500 bits per heavy atom. The Morgan fingerprint density at radius 2 is 1.04 bits per heavy atom. The average Bonchev–Trinajstić information content (AvgIpc) is 3.87. The van der Waals surface area contributed by atoms with Crippen LogP contribution in [0.15, 0.2) is 151 Å². The summed E-state index contributed by atoms with van der Waals surface area (Å²) in [6.07, 6.45) is 4.76. The SMILES string of the molecule is CC1=Cc2c(-c3ccccc3)cccc2C1c1cc[cH-]c1[Si](C)C.CC1=Cc2c(-c3ccccc3)cccc2C1c1ccc[cH-]1.[Zr+2]. The molecular weight excluding hydrogens is 648 g/mol. The van der Waals surface area contributed by atoms with Crippen molar-refractivity contribution >= 4 is 26.1 Å². The summed E-state index contributed by atoms with van der Waals surface area (Å²) in [5.74, 6) is 0.840. The van der Waals surface area contributed by atoms with Crippen LogP contribution in [-0.2, 0) is 26.2 Å². The maximum absolute atomic E-state index is 2.40. The second-order valence-corrected chi connectivity index (χ2v) is 15.1. The summed E-state index contributed by atoms with van der Waals surface area (Å²) >= 11 is 0. The molecule has 0 saturated carbocycles. The summed E-state index contributed by atoms with van der Waals surface area (Å²) in [6, 6.07) is 50.5. The summed E-state index contributed by atoms with van der Waals surface area (Å²) in [6.45, 7) is 9.30. The predicted octanol–water partition coefficient (Wildman–Crippen LogP) is 11.2. The van der Waals surface area contributed by atoms with Crippen LogP contribution in [0.2, 0.25) is 13.1 Å². The first kappa shape index (κ1) is 32.1. The zero-order chi connectivity index (χ0) is 30.9. The third-order valence-corrected chi connectivity index (χ3v) is 11.0. The fraction of sp³-hybridized carbons (Fsp3) is 0.136. The Bertz CT molecular complexity index is 1990. The van der Waals surface area contributed by atoms with Gasteiger partial charge in [-0.1, -0.05) is 133 Å². The molecule has 223 valence electrons. The van der Waals surface area contributed by atoms with Gasteiger partial charge >= 0.3 is 26.2 Å². The monoisotopic (exact) mass is 685 g/mol. The maximum Gasteiger partial charge on any atom is 2.00 e. The van der Waals surface area contributed by atoms with E-state index in [1.165, 1.54) is 66.8 Å². The number of fused-ring (bicyclic) bond motifs is 2. The number of hydrogen-bond donors (Lipinski definition) is 0. The van der Waals surface area contributed by atoms with E-state index in [0.717, 1.165) is 0 Å². The summed E-state index contributed by atoms with van der Waals surface area (Å²) < 4.78 is 0. The molecule has 6 aromatic rings. The third-order valence-electron chi connectivity index (χ3n) is 9.45. The minimum absolute atomic E-state index is 0. The van der Waals surface area contributed by atoms with Gasteiger partial charge < -0.3 is 0 Å². The molecule has 0 heterocycles. The molecule has 1 radical (unpaired) electrons. The molecule has 0 N–H and O–H groups in total. The fourth-order valence-electron chi connectivity index (χ4n) is 7.42. The molecule has 0 aliphatic heterocycles. The molecule has 2 aliphatic carbocycles. The average molecular weight is 687 g/mol. The molecular formula is C44H39SiZr. The normalized spacial score (nSPS) is 16.1. The van der Waals surface area contributed by atoms with E-state index in [-0.39, 0.29) is 26.2 Å². The molecule has 0 spiro atoms. The number of rotatable bonds is 5. The van der Waals surface area contributed by atoms with Crippen LogP contribution in [0.1, 0.15) is 59.1 Å². The molecule has 0 saturated heterocycles. The van der Waals surface area contributed by atoms with Gasteiger partial charge in [-0.3, -0.25) is 0 Å². The van der Waals surface area contributed by atoms with E-state index >= 15 is 0 Å². The molecule has 6 aromatic carbocycles. The standard InChI is InChI=1S/C23H22Si.C21H17.Zr/c1-16-15-21-18(17-9-5-4-6-10-17)11-7-12-19(21)23(16)20-13-8-14-22(20)24(2)3;1-15-14-20-18(16-8-3-2-4-9-16)12-7-13-19(20)21(15)17-10-5-6-11-17;/h4-15,23H,1-3H3;2-14,21H,1H3;/q2*-1;+2. The van der Waals surface area contributed by atoms with E-state index in [0.29, 0.717) is 11.8 Å². The van der Waals surface area contributed by atoms with E-state index in [9.17, 15) is 0 Å². The number of benzene rings is 4. The summed E-state index contributed by atoms with van der Waals surface area (Å²) in [7, 11) is -0.449. The number of hydrogen-bond acceptors (Lipinski definition) is 0. The Balaban J connectivity index is 0.000000159. The Kier molecular flexibility index (Phi) is 9.69. The van der Waals surface area contributed by atoms with Crippen LogP contribution in [0, 0.1) is 0 Å². The van der Waals surface area contributed by atoms with Gasteiger partial charge in [0.1, 0.15) is 0 Å². The quantitative estimate of drug-likeness (QED) is 0.125. The van der Waals surface area contributed by atoms with E-state index in [2.05, 4.69) is 179 Å². The summed E-state index contributed by atoms with van der Waals surface area (Å²) in [4.78, 5) is 0. The molecule has 0 aromatic heterocycles. The van der Waals surface area contributed by atoms with Gasteiger partial charge in [-0.15, -0.1) is 0 Å². The van der Waals surface area contributed by atoms with Crippen molar-refractivity contribution in [3.63, 3.8) is 0 Å². The molecule has 2 aliphatic rings. The molecule has 0 bridgehead atoms. The molecule has 2 heteroatoms. The third kappa shape index (κ3) is 6.02. The van der Waals surface area contributed by atoms with Gasteiger partial charge in [0.25, 0.3) is 0 Å². The Morgan fingerprint density at radius 3 is 1.57 bits per heavy atom. The topological polar surface area (TPSA) is 0 Å². The van der Waals surface area contributed by atoms with Gasteiger partial charge in [0.15, 0.2) is 0 Å². The van der Waals surface area contributed by atoms with Crippen LogP contribution in [0.25, 0.3) is 34.4 Å². The van der Waals surface area contributed by atoms with E-state index in [1.54, 1.807) is 5.19 Å². The van der Waals surface area contributed by atoms with Crippen molar-refractivity contribution in [2.75, 3.05) is 0 Å². The van der Waals surface area contributed by atoms with Crippen molar-refractivity contribution in [2.24, 2.45) is 0 Å².